The molecule has 1 rings (SSSR count). The molecule has 0 atom stereocenters. The zero-order valence-corrected chi connectivity index (χ0v) is 4.83. The van der Waals surface area contributed by atoms with Crippen LogP contribution in [-0.2, 0) is 0 Å². The van der Waals surface area contributed by atoms with E-state index in [1.54, 1.807) is 6.20 Å². The molecule has 0 spiro atoms. The van der Waals surface area contributed by atoms with Crippen LogP contribution in [0.15, 0.2) is 24.4 Å². The van der Waals surface area contributed by atoms with Gasteiger partial charge in [-0.15, -0.1) is 0 Å². The van der Waals surface area contributed by atoms with Crippen molar-refractivity contribution < 1.29 is 0 Å². The van der Waals surface area contributed by atoms with Crippen LogP contribution in [0, 0.1) is 5.41 Å². The molecule has 0 aliphatic rings. The zero-order valence-electron chi connectivity index (χ0n) is 4.83. The predicted molar refractivity (Wildman–Crippen MR) is 36.4 cm³/mol. The van der Waals surface area contributed by atoms with E-state index < -0.39 is 0 Å². The molecule has 0 fully saturated rings. The second-order valence-corrected chi connectivity index (χ2v) is 1.54. The maximum absolute atomic E-state index is 6.59. The van der Waals surface area contributed by atoms with Gasteiger partial charge in [-0.1, -0.05) is 6.07 Å². The average Bonchev–Trinajstić information content (AvgIpc) is 1.91. The standard InChI is InChI=1S/C7H6N2/c8-5-4-7-3-1-2-6-9-7/h1-4,6,8H. The Morgan fingerprint density at radius 1 is 1.56 bits per heavy atom. The van der Waals surface area contributed by atoms with Gasteiger partial charge in [0.1, 0.15) is 0 Å². The van der Waals surface area contributed by atoms with Gasteiger partial charge in [-0.3, -0.25) is 10.4 Å². The van der Waals surface area contributed by atoms with Crippen LogP contribution in [0.4, 0.5) is 0 Å². The molecule has 1 heterocycles. The smallest absolute Gasteiger partial charge is 0.0722 e. The molecular formula is C7H6N2. The molecule has 0 unspecified atom stereocenters. The highest BCUT2D eigenvalue weighted by Gasteiger charge is 1.79. The first-order valence-corrected chi connectivity index (χ1v) is 2.60. The number of hydrogen-bond donors (Lipinski definition) is 1. The summed E-state index contributed by atoms with van der Waals surface area (Å²) in [5, 5.41) is 6.59. The second-order valence-electron chi connectivity index (χ2n) is 1.54. The van der Waals surface area contributed by atoms with Crippen LogP contribution in [0.3, 0.4) is 0 Å². The van der Waals surface area contributed by atoms with Gasteiger partial charge in [-0.05, 0) is 18.0 Å². The van der Waals surface area contributed by atoms with E-state index in [9.17, 15) is 0 Å². The lowest BCUT2D eigenvalue weighted by molar-refractivity contribution is 1.30. The SMILES string of the molecule is N=C=Cc1ccccn1. The first-order valence-electron chi connectivity index (χ1n) is 2.60. The highest BCUT2D eigenvalue weighted by atomic mass is 14.6. The monoisotopic (exact) mass is 118 g/mol. The summed E-state index contributed by atoms with van der Waals surface area (Å²) in [6.07, 6.45) is 3.20. The predicted octanol–water partition coefficient (Wildman–Crippen LogP) is 1.34. The van der Waals surface area contributed by atoms with E-state index in [0.29, 0.717) is 0 Å². The summed E-state index contributed by atoms with van der Waals surface area (Å²) >= 11 is 0. The minimum absolute atomic E-state index is 0.771. The fourth-order valence-electron chi connectivity index (χ4n) is 0.535. The lowest BCUT2D eigenvalue weighted by Gasteiger charge is -1.83. The van der Waals surface area contributed by atoms with Crippen LogP contribution in [0.5, 0.6) is 0 Å². The molecule has 44 valence electrons. The molecule has 0 saturated heterocycles. The summed E-state index contributed by atoms with van der Waals surface area (Å²) in [6.45, 7) is 0. The number of hydrogen-bond acceptors (Lipinski definition) is 2. The van der Waals surface area contributed by atoms with E-state index in [2.05, 4.69) is 10.9 Å². The fourth-order valence-corrected chi connectivity index (χ4v) is 0.535. The van der Waals surface area contributed by atoms with Crippen molar-refractivity contribution in [1.29, 1.82) is 5.41 Å². The molecule has 1 aromatic rings. The van der Waals surface area contributed by atoms with Crippen LogP contribution in [0.1, 0.15) is 5.69 Å². The van der Waals surface area contributed by atoms with Crippen molar-refractivity contribution >= 4 is 11.9 Å². The maximum Gasteiger partial charge on any atom is 0.0722 e. The van der Waals surface area contributed by atoms with Crippen LogP contribution < -0.4 is 0 Å². The van der Waals surface area contributed by atoms with Crippen molar-refractivity contribution in [3.05, 3.63) is 30.1 Å². The molecule has 0 amide bonds. The molecule has 9 heavy (non-hydrogen) atoms. The third-order valence-corrected chi connectivity index (χ3v) is 0.908. The van der Waals surface area contributed by atoms with Crippen LogP contribution in [0.25, 0.3) is 6.08 Å². The molecule has 2 heteroatoms. The third kappa shape index (κ3) is 1.52. The highest BCUT2D eigenvalue weighted by molar-refractivity contribution is 5.73. The molecule has 2 nitrogen and oxygen atoms in total. The third-order valence-electron chi connectivity index (χ3n) is 0.908. The Kier molecular flexibility index (Phi) is 1.78. The molecule has 0 aromatic carbocycles. The van der Waals surface area contributed by atoms with Gasteiger partial charge in [0.25, 0.3) is 0 Å². The molecule has 0 bridgehead atoms. The normalized spacial score (nSPS) is 8.00. The Hall–Kier alpha value is -1.40. The number of nitrogens with zero attached hydrogens (tertiary/aromatic N) is 1. The van der Waals surface area contributed by atoms with E-state index in [4.69, 9.17) is 5.41 Å². The van der Waals surface area contributed by atoms with Gasteiger partial charge >= 0.3 is 0 Å². The Labute approximate surface area is 53.4 Å². The Bertz CT molecular complexity index is 222. The molecule has 0 radical (unpaired) electrons. The molecular weight excluding hydrogens is 112 g/mol. The van der Waals surface area contributed by atoms with Crippen molar-refractivity contribution in [3.63, 3.8) is 0 Å². The van der Waals surface area contributed by atoms with E-state index in [-0.39, 0.29) is 0 Å². The Morgan fingerprint density at radius 2 is 2.44 bits per heavy atom. The quantitative estimate of drug-likeness (QED) is 0.555. The van der Waals surface area contributed by atoms with E-state index in [1.807, 2.05) is 18.2 Å². The van der Waals surface area contributed by atoms with E-state index in [0.717, 1.165) is 5.69 Å². The zero-order chi connectivity index (χ0) is 6.53. The van der Waals surface area contributed by atoms with E-state index >= 15 is 0 Å². The fraction of sp³-hybridized carbons (Fsp3) is 0. The summed E-state index contributed by atoms with van der Waals surface area (Å²) in [6, 6.07) is 5.53. The molecule has 1 N–H and O–H groups in total. The van der Waals surface area contributed by atoms with Gasteiger partial charge in [-0.2, -0.15) is 0 Å². The van der Waals surface area contributed by atoms with Gasteiger partial charge in [0.05, 0.1) is 5.69 Å². The van der Waals surface area contributed by atoms with Crippen molar-refractivity contribution in [2.75, 3.05) is 0 Å². The van der Waals surface area contributed by atoms with Gasteiger partial charge < -0.3 is 0 Å². The van der Waals surface area contributed by atoms with E-state index in [1.165, 1.54) is 6.08 Å². The van der Waals surface area contributed by atoms with Crippen molar-refractivity contribution in [3.8, 4) is 0 Å². The van der Waals surface area contributed by atoms with Crippen molar-refractivity contribution in [2.24, 2.45) is 0 Å². The van der Waals surface area contributed by atoms with Gasteiger partial charge in [0, 0.05) is 12.3 Å². The number of nitrogens with one attached hydrogen (secondary N) is 1. The summed E-state index contributed by atoms with van der Waals surface area (Å²) in [7, 11) is 0. The molecule has 1 aromatic heterocycles. The second kappa shape index (κ2) is 2.80. The maximum atomic E-state index is 6.59. The van der Waals surface area contributed by atoms with Crippen LogP contribution >= 0.6 is 0 Å². The van der Waals surface area contributed by atoms with Gasteiger partial charge in [0.15, 0.2) is 0 Å². The molecule has 0 aliphatic carbocycles. The summed E-state index contributed by atoms with van der Waals surface area (Å²) in [4.78, 5) is 3.93. The summed E-state index contributed by atoms with van der Waals surface area (Å²) in [5.41, 5.74) is 0.771. The summed E-state index contributed by atoms with van der Waals surface area (Å²) in [5.74, 6) is 2.15. The van der Waals surface area contributed by atoms with Gasteiger partial charge in [-0.25, -0.2) is 0 Å². The number of aromatic nitrogens is 1. The Morgan fingerprint density at radius 3 is 3.00 bits per heavy atom. The first-order chi connectivity index (χ1) is 4.43. The summed E-state index contributed by atoms with van der Waals surface area (Å²) < 4.78 is 0. The number of rotatable bonds is 1. The molecule has 0 saturated carbocycles. The minimum atomic E-state index is 0.771. The molecule has 0 aliphatic heterocycles. The number of pyridine rings is 1. The van der Waals surface area contributed by atoms with Crippen molar-refractivity contribution in [1.82, 2.24) is 4.98 Å². The topological polar surface area (TPSA) is 36.7 Å². The highest BCUT2D eigenvalue weighted by Crippen LogP contribution is 1.91. The largest absolute Gasteiger partial charge is 0.259 e. The van der Waals surface area contributed by atoms with Crippen molar-refractivity contribution in [2.45, 2.75) is 0 Å². The van der Waals surface area contributed by atoms with Crippen LogP contribution in [0.2, 0.25) is 0 Å². The lowest BCUT2D eigenvalue weighted by atomic mass is 10.3. The first kappa shape index (κ1) is 5.73. The van der Waals surface area contributed by atoms with Gasteiger partial charge in [0.2, 0.25) is 0 Å². The van der Waals surface area contributed by atoms with Crippen LogP contribution in [-0.4, -0.2) is 10.9 Å². The minimum Gasteiger partial charge on any atom is -0.259 e. The lowest BCUT2D eigenvalue weighted by Crippen LogP contribution is -1.74. The Balaban J connectivity index is 2.97. The average molecular weight is 118 g/mol.